The van der Waals surface area contributed by atoms with Crippen LogP contribution in [-0.2, 0) is 27.9 Å². The molecule has 6 atom stereocenters. The van der Waals surface area contributed by atoms with E-state index in [0.29, 0.717) is 13.0 Å². The fraction of sp³-hybridized carbons (Fsp3) is 0.771. The monoisotopic (exact) mass is 885 g/mol. The molecule has 1 aliphatic rings. The van der Waals surface area contributed by atoms with Crippen LogP contribution in [0.3, 0.4) is 0 Å². The van der Waals surface area contributed by atoms with Crippen molar-refractivity contribution in [2.45, 2.75) is 217 Å². The predicted molar refractivity (Wildman–Crippen MR) is 244 cm³/mol. The molecule has 1 fully saturated rings. The van der Waals surface area contributed by atoms with Crippen LogP contribution in [0.15, 0.2) is 60.8 Å². The zero-order valence-electron chi connectivity index (χ0n) is 37.7. The van der Waals surface area contributed by atoms with E-state index in [1.807, 2.05) is 0 Å². The maximum absolute atomic E-state index is 12.8. The first-order chi connectivity index (χ1) is 29.5. The largest absolute Gasteiger partial charge is 0.472 e. The first kappa shape index (κ1) is 57.1. The van der Waals surface area contributed by atoms with E-state index in [9.17, 15) is 39.8 Å². The van der Waals surface area contributed by atoms with Crippen LogP contribution < -0.4 is 0 Å². The molecule has 0 amide bonds. The number of unbranched alkanes of at least 4 members (excludes halogenated alkanes) is 17. The molecule has 0 bridgehead atoms. The zero-order chi connectivity index (χ0) is 44.8. The lowest BCUT2D eigenvalue weighted by atomic mass is 9.85. The van der Waals surface area contributed by atoms with E-state index in [0.717, 1.165) is 89.9 Å². The summed E-state index contributed by atoms with van der Waals surface area (Å²) in [7, 11) is -5.02. The van der Waals surface area contributed by atoms with E-state index in [2.05, 4.69) is 74.6 Å². The van der Waals surface area contributed by atoms with Gasteiger partial charge in [0.05, 0.1) is 13.2 Å². The predicted octanol–water partition coefficient (Wildman–Crippen LogP) is 9.81. The van der Waals surface area contributed by atoms with Gasteiger partial charge in [0.25, 0.3) is 0 Å². The number of ether oxygens (including phenoxy) is 2. The number of phosphoric ester groups is 1. The molecular weight excluding hydrogens is 799 g/mol. The summed E-state index contributed by atoms with van der Waals surface area (Å²) in [4.78, 5) is 23.2. The Balaban J connectivity index is 2.33. The van der Waals surface area contributed by atoms with Crippen molar-refractivity contribution in [2.24, 2.45) is 0 Å². The highest BCUT2D eigenvalue weighted by Crippen LogP contribution is 2.47. The molecule has 1 rings (SSSR count). The number of rotatable bonds is 39. The van der Waals surface area contributed by atoms with Crippen molar-refractivity contribution in [3.8, 4) is 0 Å². The van der Waals surface area contributed by atoms with Crippen LogP contribution in [0.1, 0.15) is 174 Å². The SMILES string of the molecule is CC/C=C\C/C=C\C/C=C\C/C=C\CCCCCCCCCCCCC(=O)OC(COCCCCCCCC/C=C\CCC)COP(=O)(O)OC1C(O)C(O)C(O)C(O)C1O. The van der Waals surface area contributed by atoms with Gasteiger partial charge in [0.15, 0.2) is 0 Å². The molecule has 0 radical (unpaired) electrons. The van der Waals surface area contributed by atoms with Crippen LogP contribution in [0.25, 0.3) is 0 Å². The second kappa shape index (κ2) is 38.5. The van der Waals surface area contributed by atoms with Gasteiger partial charge in [-0.05, 0) is 70.6 Å². The van der Waals surface area contributed by atoms with Crippen LogP contribution in [0.2, 0.25) is 0 Å². The third-order valence-electron chi connectivity index (χ3n) is 10.6. The lowest BCUT2D eigenvalue weighted by Gasteiger charge is -2.41. The van der Waals surface area contributed by atoms with Crippen molar-refractivity contribution in [3.63, 3.8) is 0 Å². The molecule has 6 N–H and O–H groups in total. The highest BCUT2D eigenvalue weighted by atomic mass is 31.2. The quantitative estimate of drug-likeness (QED) is 0.0148. The van der Waals surface area contributed by atoms with E-state index in [1.165, 1.54) is 57.8 Å². The minimum atomic E-state index is -5.02. The second-order valence-electron chi connectivity index (χ2n) is 16.2. The molecule has 61 heavy (non-hydrogen) atoms. The summed E-state index contributed by atoms with van der Waals surface area (Å²) < 4.78 is 34.1. The number of phosphoric acid groups is 1. The molecule has 0 spiro atoms. The van der Waals surface area contributed by atoms with Gasteiger partial charge in [0, 0.05) is 13.0 Å². The van der Waals surface area contributed by atoms with Gasteiger partial charge in [0.1, 0.15) is 42.7 Å². The summed E-state index contributed by atoms with van der Waals surface area (Å²) in [5.74, 6) is -0.487. The van der Waals surface area contributed by atoms with Gasteiger partial charge in [-0.1, -0.05) is 158 Å². The Kier molecular flexibility index (Phi) is 36.0. The molecule has 0 aromatic heterocycles. The molecule has 0 heterocycles. The van der Waals surface area contributed by atoms with Crippen LogP contribution >= 0.6 is 7.82 Å². The Bertz CT molecular complexity index is 1240. The van der Waals surface area contributed by atoms with E-state index < -0.39 is 63.1 Å². The molecule has 1 saturated carbocycles. The molecule has 0 aromatic carbocycles. The Morgan fingerprint density at radius 1 is 0.541 bits per heavy atom. The molecule has 0 aromatic rings. The standard InChI is InChI=1S/C48H85O12P/c1-3-5-7-9-11-13-15-16-17-18-19-20-21-22-23-24-25-26-27-29-31-33-35-37-42(49)59-41(39-57-38-36-34-32-30-28-14-12-10-8-6-4-2)40-58-61(55,56)60-48-46(53)44(51)43(50)45(52)47(48)54/h5,7-8,10-11,13,16-17,19-20,41,43-48,50-54H,3-4,6,9,12,14-15,18,21-40H2,1-2H3,(H,55,56)/b7-5-,10-8-,13-11-,17-16-,20-19-. The molecule has 0 saturated heterocycles. The molecule has 6 unspecified atom stereocenters. The van der Waals surface area contributed by atoms with Crippen molar-refractivity contribution in [1.29, 1.82) is 0 Å². The summed E-state index contributed by atoms with van der Waals surface area (Å²) in [5, 5.41) is 50.2. The summed E-state index contributed by atoms with van der Waals surface area (Å²) in [6.07, 6.45) is 35.8. The first-order valence-electron chi connectivity index (χ1n) is 23.6. The van der Waals surface area contributed by atoms with Crippen molar-refractivity contribution >= 4 is 13.8 Å². The number of hydrogen-bond donors (Lipinski definition) is 6. The Morgan fingerprint density at radius 2 is 0.967 bits per heavy atom. The van der Waals surface area contributed by atoms with E-state index >= 15 is 0 Å². The normalized spacial score (nSPS) is 22.7. The molecule has 12 nitrogen and oxygen atoms in total. The summed E-state index contributed by atoms with van der Waals surface area (Å²) in [6.45, 7) is 4.06. The highest BCUT2D eigenvalue weighted by molar-refractivity contribution is 7.47. The van der Waals surface area contributed by atoms with Crippen LogP contribution in [0, 0.1) is 0 Å². The highest BCUT2D eigenvalue weighted by Gasteiger charge is 2.51. The van der Waals surface area contributed by atoms with Crippen molar-refractivity contribution < 1.29 is 58.3 Å². The number of carbonyl (C=O) groups excluding carboxylic acids is 1. The average molecular weight is 885 g/mol. The Hall–Kier alpha value is -1.96. The maximum atomic E-state index is 12.8. The Morgan fingerprint density at radius 3 is 1.49 bits per heavy atom. The number of carbonyl (C=O) groups is 1. The fourth-order valence-electron chi connectivity index (χ4n) is 6.88. The lowest BCUT2D eigenvalue weighted by Crippen LogP contribution is -2.64. The van der Waals surface area contributed by atoms with Crippen LogP contribution in [0.5, 0.6) is 0 Å². The third-order valence-corrected chi connectivity index (χ3v) is 11.6. The number of allylic oxidation sites excluding steroid dienone is 10. The van der Waals surface area contributed by atoms with Crippen molar-refractivity contribution in [2.75, 3.05) is 19.8 Å². The van der Waals surface area contributed by atoms with E-state index in [4.69, 9.17) is 18.5 Å². The van der Waals surface area contributed by atoms with Crippen LogP contribution in [0.4, 0.5) is 0 Å². The summed E-state index contributed by atoms with van der Waals surface area (Å²) in [6, 6.07) is 0. The number of esters is 1. The number of hydrogen-bond acceptors (Lipinski definition) is 11. The van der Waals surface area contributed by atoms with Gasteiger partial charge >= 0.3 is 13.8 Å². The summed E-state index contributed by atoms with van der Waals surface area (Å²) in [5.41, 5.74) is 0. The second-order valence-corrected chi connectivity index (χ2v) is 17.6. The topological polar surface area (TPSA) is 192 Å². The van der Waals surface area contributed by atoms with E-state index in [-0.39, 0.29) is 13.0 Å². The average Bonchev–Trinajstić information content (AvgIpc) is 3.24. The van der Waals surface area contributed by atoms with Gasteiger partial charge in [-0.2, -0.15) is 0 Å². The maximum Gasteiger partial charge on any atom is 0.472 e. The van der Waals surface area contributed by atoms with Gasteiger partial charge in [-0.15, -0.1) is 0 Å². The zero-order valence-corrected chi connectivity index (χ0v) is 38.6. The van der Waals surface area contributed by atoms with E-state index in [1.54, 1.807) is 0 Å². The Labute approximate surface area is 368 Å². The van der Waals surface area contributed by atoms with Crippen molar-refractivity contribution in [3.05, 3.63) is 60.8 Å². The van der Waals surface area contributed by atoms with Gasteiger partial charge in [-0.3, -0.25) is 13.8 Å². The molecule has 354 valence electrons. The van der Waals surface area contributed by atoms with Gasteiger partial charge < -0.3 is 39.9 Å². The van der Waals surface area contributed by atoms with Crippen molar-refractivity contribution in [1.82, 2.24) is 0 Å². The smallest absolute Gasteiger partial charge is 0.457 e. The molecule has 13 heteroatoms. The van der Waals surface area contributed by atoms with Crippen LogP contribution in [-0.4, -0.2) is 98.9 Å². The molecule has 0 aliphatic heterocycles. The summed E-state index contributed by atoms with van der Waals surface area (Å²) >= 11 is 0. The lowest BCUT2D eigenvalue weighted by molar-refractivity contribution is -0.220. The minimum absolute atomic E-state index is 0.0848. The third kappa shape index (κ3) is 30.7. The fourth-order valence-corrected chi connectivity index (χ4v) is 7.85. The first-order valence-corrected chi connectivity index (χ1v) is 25.1. The van der Waals surface area contributed by atoms with Gasteiger partial charge in [-0.25, -0.2) is 4.57 Å². The molecular formula is C48H85O12P. The number of aliphatic hydroxyl groups is 5. The van der Waals surface area contributed by atoms with Gasteiger partial charge in [0.2, 0.25) is 0 Å². The minimum Gasteiger partial charge on any atom is -0.457 e. The number of aliphatic hydroxyl groups excluding tert-OH is 5. The molecule has 1 aliphatic carbocycles.